The van der Waals surface area contributed by atoms with E-state index in [1.807, 2.05) is 50.4 Å². The molecule has 4 rings (SSSR count). The van der Waals surface area contributed by atoms with Gasteiger partial charge < -0.3 is 4.42 Å². The van der Waals surface area contributed by atoms with Crippen LogP contribution in [0.1, 0.15) is 16.1 Å². The Kier molecular flexibility index (Phi) is 4.71. The van der Waals surface area contributed by atoms with Gasteiger partial charge in [-0.25, -0.2) is 4.98 Å². The van der Waals surface area contributed by atoms with Crippen LogP contribution >= 0.6 is 11.6 Å². The first-order valence-electron chi connectivity index (χ1n) is 8.65. The van der Waals surface area contributed by atoms with Gasteiger partial charge in [-0.2, -0.15) is 5.10 Å². The zero-order valence-electron chi connectivity index (χ0n) is 15.3. The molecule has 0 saturated carbocycles. The maximum atomic E-state index is 12.7. The molecule has 0 aliphatic carbocycles. The van der Waals surface area contributed by atoms with Crippen LogP contribution in [0.3, 0.4) is 0 Å². The van der Waals surface area contributed by atoms with E-state index < -0.39 is 0 Å². The molecule has 2 aromatic carbocycles. The van der Waals surface area contributed by atoms with Crippen LogP contribution in [0.25, 0.3) is 22.8 Å². The average Bonchev–Trinajstić information content (AvgIpc) is 3.25. The highest BCUT2D eigenvalue weighted by Gasteiger charge is 2.21. The van der Waals surface area contributed by atoms with Gasteiger partial charge >= 0.3 is 0 Å². The molecule has 0 radical (unpaired) electrons. The summed E-state index contributed by atoms with van der Waals surface area (Å²) in [6.07, 6.45) is 0. The first kappa shape index (κ1) is 18.0. The van der Waals surface area contributed by atoms with E-state index in [1.165, 1.54) is 0 Å². The van der Waals surface area contributed by atoms with E-state index in [4.69, 9.17) is 16.0 Å². The number of oxazole rings is 1. The smallest absolute Gasteiger partial charge is 0.258 e. The summed E-state index contributed by atoms with van der Waals surface area (Å²) >= 11 is 5.90. The summed E-state index contributed by atoms with van der Waals surface area (Å²) in [6.45, 7) is 1.90. The standard InChI is InChI=1S/C21H17ClN4O2/c1-13-12-17(26(2)25-13)20-23-18(14-6-4-3-5-7-14)21(28-20)24-19(27)15-8-10-16(22)11-9-15/h3-12H,1-2H3,(H,24,27). The molecule has 1 amide bonds. The lowest BCUT2D eigenvalue weighted by Crippen LogP contribution is -2.11. The molecule has 0 aliphatic heterocycles. The van der Waals surface area contributed by atoms with Crippen LogP contribution in [0.5, 0.6) is 0 Å². The summed E-state index contributed by atoms with van der Waals surface area (Å²) in [7, 11) is 1.82. The lowest BCUT2D eigenvalue weighted by molar-refractivity contribution is 0.102. The Morgan fingerprint density at radius 1 is 1.11 bits per heavy atom. The number of carbonyl (C=O) groups excluding carboxylic acids is 1. The zero-order chi connectivity index (χ0) is 19.7. The minimum absolute atomic E-state index is 0.278. The normalized spacial score (nSPS) is 10.8. The molecule has 28 heavy (non-hydrogen) atoms. The monoisotopic (exact) mass is 392 g/mol. The number of hydrogen-bond acceptors (Lipinski definition) is 4. The maximum Gasteiger partial charge on any atom is 0.258 e. The number of anilines is 1. The number of aryl methyl sites for hydroxylation is 2. The molecular formula is C21H17ClN4O2. The predicted octanol–water partition coefficient (Wildman–Crippen LogP) is 4.96. The van der Waals surface area contributed by atoms with Crippen molar-refractivity contribution in [2.24, 2.45) is 7.05 Å². The topological polar surface area (TPSA) is 73.0 Å². The molecular weight excluding hydrogens is 376 g/mol. The fourth-order valence-electron chi connectivity index (χ4n) is 2.89. The van der Waals surface area contributed by atoms with E-state index in [0.717, 1.165) is 17.0 Å². The molecule has 0 aliphatic rings. The van der Waals surface area contributed by atoms with Crippen LogP contribution in [-0.4, -0.2) is 20.7 Å². The third kappa shape index (κ3) is 3.54. The highest BCUT2D eigenvalue weighted by atomic mass is 35.5. The van der Waals surface area contributed by atoms with Gasteiger partial charge in [0, 0.05) is 23.2 Å². The minimum atomic E-state index is -0.308. The van der Waals surface area contributed by atoms with Crippen molar-refractivity contribution in [2.45, 2.75) is 6.92 Å². The molecule has 7 heteroatoms. The summed E-state index contributed by atoms with van der Waals surface area (Å²) in [6, 6.07) is 18.1. The Morgan fingerprint density at radius 2 is 1.82 bits per heavy atom. The number of benzene rings is 2. The van der Waals surface area contributed by atoms with Gasteiger partial charge in [-0.05, 0) is 37.3 Å². The molecule has 0 bridgehead atoms. The molecule has 0 fully saturated rings. The molecule has 140 valence electrons. The molecule has 0 unspecified atom stereocenters. The van der Waals surface area contributed by atoms with Gasteiger partial charge in [0.1, 0.15) is 11.4 Å². The summed E-state index contributed by atoms with van der Waals surface area (Å²) in [5, 5.41) is 7.72. The molecule has 0 spiro atoms. The molecule has 1 N–H and O–H groups in total. The Morgan fingerprint density at radius 3 is 2.46 bits per heavy atom. The van der Waals surface area contributed by atoms with Gasteiger partial charge in [-0.1, -0.05) is 41.9 Å². The van der Waals surface area contributed by atoms with Crippen molar-refractivity contribution in [1.82, 2.24) is 14.8 Å². The fourth-order valence-corrected chi connectivity index (χ4v) is 3.02. The van der Waals surface area contributed by atoms with E-state index in [-0.39, 0.29) is 11.8 Å². The first-order valence-corrected chi connectivity index (χ1v) is 9.03. The van der Waals surface area contributed by atoms with Crippen molar-refractivity contribution in [3.63, 3.8) is 0 Å². The molecule has 0 atom stereocenters. The molecule has 4 aromatic rings. The van der Waals surface area contributed by atoms with E-state index in [9.17, 15) is 4.79 Å². The van der Waals surface area contributed by atoms with Crippen molar-refractivity contribution in [3.8, 4) is 22.8 Å². The third-order valence-electron chi connectivity index (χ3n) is 4.23. The van der Waals surface area contributed by atoms with Crippen molar-refractivity contribution in [2.75, 3.05) is 5.32 Å². The molecule has 6 nitrogen and oxygen atoms in total. The van der Waals surface area contributed by atoms with Gasteiger partial charge in [0.2, 0.25) is 11.8 Å². The summed E-state index contributed by atoms with van der Waals surface area (Å²) in [5.41, 5.74) is 3.43. The van der Waals surface area contributed by atoms with Crippen LogP contribution in [0.4, 0.5) is 5.88 Å². The number of nitrogens with zero attached hydrogens (tertiary/aromatic N) is 3. The van der Waals surface area contributed by atoms with Gasteiger partial charge in [-0.15, -0.1) is 0 Å². The van der Waals surface area contributed by atoms with Crippen LogP contribution in [0, 0.1) is 6.92 Å². The second-order valence-electron chi connectivity index (χ2n) is 6.32. The quantitative estimate of drug-likeness (QED) is 0.533. The number of nitrogens with one attached hydrogen (secondary N) is 1. The Balaban J connectivity index is 1.75. The highest BCUT2D eigenvalue weighted by Crippen LogP contribution is 2.33. The van der Waals surface area contributed by atoms with E-state index in [0.29, 0.717) is 22.2 Å². The maximum absolute atomic E-state index is 12.7. The number of aromatic nitrogens is 3. The van der Waals surface area contributed by atoms with E-state index >= 15 is 0 Å². The molecule has 2 heterocycles. The average molecular weight is 393 g/mol. The van der Waals surface area contributed by atoms with Gasteiger partial charge in [0.25, 0.3) is 5.91 Å². The second-order valence-corrected chi connectivity index (χ2v) is 6.75. The van der Waals surface area contributed by atoms with Gasteiger partial charge in [0.15, 0.2) is 0 Å². The van der Waals surface area contributed by atoms with Crippen LogP contribution in [0.15, 0.2) is 65.1 Å². The number of halogens is 1. The summed E-state index contributed by atoms with van der Waals surface area (Å²) in [5.74, 6) is 0.353. The Bertz CT molecular complexity index is 1130. The van der Waals surface area contributed by atoms with E-state index in [2.05, 4.69) is 15.4 Å². The van der Waals surface area contributed by atoms with Crippen molar-refractivity contribution in [1.29, 1.82) is 0 Å². The zero-order valence-corrected chi connectivity index (χ0v) is 16.1. The first-order chi connectivity index (χ1) is 13.5. The van der Waals surface area contributed by atoms with Crippen molar-refractivity contribution < 1.29 is 9.21 Å². The second kappa shape index (κ2) is 7.32. The number of amides is 1. The Hall–Kier alpha value is -3.38. The summed E-state index contributed by atoms with van der Waals surface area (Å²) < 4.78 is 7.63. The number of rotatable bonds is 4. The van der Waals surface area contributed by atoms with Crippen LogP contribution in [0.2, 0.25) is 5.02 Å². The number of hydrogen-bond donors (Lipinski definition) is 1. The van der Waals surface area contributed by atoms with Gasteiger partial charge in [0.05, 0.1) is 5.69 Å². The summed E-state index contributed by atoms with van der Waals surface area (Å²) in [4.78, 5) is 17.3. The van der Waals surface area contributed by atoms with Gasteiger partial charge in [-0.3, -0.25) is 14.8 Å². The third-order valence-corrected chi connectivity index (χ3v) is 4.48. The lowest BCUT2D eigenvalue weighted by Gasteiger charge is -2.04. The number of carbonyl (C=O) groups is 1. The molecule has 2 aromatic heterocycles. The fraction of sp³-hybridized carbons (Fsp3) is 0.0952. The largest absolute Gasteiger partial charge is 0.418 e. The lowest BCUT2D eigenvalue weighted by atomic mass is 10.1. The van der Waals surface area contributed by atoms with Crippen LogP contribution < -0.4 is 5.32 Å². The van der Waals surface area contributed by atoms with E-state index in [1.54, 1.807) is 28.9 Å². The van der Waals surface area contributed by atoms with Crippen LogP contribution in [-0.2, 0) is 7.05 Å². The highest BCUT2D eigenvalue weighted by molar-refractivity contribution is 6.30. The van der Waals surface area contributed by atoms with Crippen molar-refractivity contribution >= 4 is 23.4 Å². The van der Waals surface area contributed by atoms with Crippen molar-refractivity contribution in [3.05, 3.63) is 76.9 Å². The Labute approximate surface area is 166 Å². The predicted molar refractivity (Wildman–Crippen MR) is 108 cm³/mol. The minimum Gasteiger partial charge on any atom is -0.418 e. The molecule has 0 saturated heterocycles. The SMILES string of the molecule is Cc1cc(-c2nc(-c3ccccc3)c(NC(=O)c3ccc(Cl)cc3)o2)n(C)n1.